The number of hydrogen-bond donors (Lipinski definition) is 14. The molecule has 2 aromatic carbocycles. The van der Waals surface area contributed by atoms with Gasteiger partial charge in [0.05, 0.1) is 6.54 Å². The van der Waals surface area contributed by atoms with Crippen molar-refractivity contribution in [2.75, 3.05) is 24.6 Å². The Morgan fingerprint density at radius 1 is 0.705 bits per heavy atom. The number of H-pyrrole nitrogens is 1. The molecule has 0 radical (unpaired) electrons. The predicted molar refractivity (Wildman–Crippen MR) is 295 cm³/mol. The fourth-order valence-electron chi connectivity index (χ4n) is 8.02. The van der Waals surface area contributed by atoms with E-state index in [4.69, 9.17) is 28.7 Å². The molecule has 2 aromatic heterocycles. The topological polar surface area (TPSA) is 438 Å². The highest BCUT2D eigenvalue weighted by Gasteiger charge is 2.35. The van der Waals surface area contributed by atoms with Gasteiger partial charge in [-0.25, -0.2) is 0 Å². The summed E-state index contributed by atoms with van der Waals surface area (Å²) in [6.07, 6.45) is 4.90. The lowest BCUT2D eigenvalue weighted by molar-refractivity contribution is -0.135. The number of aromatic amines is 1. The number of aromatic nitrogens is 3. The highest BCUT2D eigenvalue weighted by atomic mass is 33.1. The first-order valence-corrected chi connectivity index (χ1v) is 27.4. The number of nitrogens with zero attached hydrogens (tertiary/aromatic N) is 4. The van der Waals surface area contributed by atoms with Crippen LogP contribution in [0.15, 0.2) is 89.2 Å². The van der Waals surface area contributed by atoms with Crippen LogP contribution in [0.2, 0.25) is 0 Å². The Kier molecular flexibility index (Phi) is 23.6. The molecule has 1 unspecified atom stereocenters. The van der Waals surface area contributed by atoms with E-state index in [9.17, 15) is 43.2 Å². The number of carbonyl (C=O) groups excluding carboxylic acids is 9. The Morgan fingerprint density at radius 2 is 1.31 bits per heavy atom. The molecule has 420 valence electrons. The minimum atomic E-state index is -1.43. The second-order valence-electron chi connectivity index (χ2n) is 18.2. The summed E-state index contributed by atoms with van der Waals surface area (Å²) in [5.74, 6) is -7.99. The van der Waals surface area contributed by atoms with E-state index in [-0.39, 0.29) is 81.6 Å². The maximum atomic E-state index is 14.6. The van der Waals surface area contributed by atoms with E-state index in [1.54, 1.807) is 54.9 Å². The van der Waals surface area contributed by atoms with Crippen molar-refractivity contribution in [2.45, 2.75) is 107 Å². The van der Waals surface area contributed by atoms with Crippen LogP contribution in [-0.4, -0.2) is 153 Å². The van der Waals surface area contributed by atoms with Crippen molar-refractivity contribution >= 4 is 97.6 Å². The van der Waals surface area contributed by atoms with Crippen molar-refractivity contribution in [3.8, 4) is 0 Å². The van der Waals surface area contributed by atoms with E-state index in [0.717, 1.165) is 32.5 Å². The van der Waals surface area contributed by atoms with Crippen LogP contribution >= 0.6 is 21.6 Å². The summed E-state index contributed by atoms with van der Waals surface area (Å²) in [5, 5.41) is 26.3. The van der Waals surface area contributed by atoms with Gasteiger partial charge in [0.2, 0.25) is 53.2 Å². The van der Waals surface area contributed by atoms with E-state index in [1.165, 1.54) is 24.7 Å². The zero-order valence-electron chi connectivity index (χ0n) is 43.1. The van der Waals surface area contributed by atoms with Crippen LogP contribution in [-0.2, 0) is 62.5 Å². The molecular weight excluding hydrogens is 1050 g/mol. The molecule has 3 heterocycles. The average Bonchev–Trinajstić information content (AvgIpc) is 4.10. The number of guanidine groups is 2. The Bertz CT molecular complexity index is 2770. The van der Waals surface area contributed by atoms with E-state index >= 15 is 0 Å². The third kappa shape index (κ3) is 19.7. The van der Waals surface area contributed by atoms with Crippen molar-refractivity contribution in [1.29, 1.82) is 0 Å². The van der Waals surface area contributed by atoms with Crippen LogP contribution < -0.4 is 71.2 Å². The lowest BCUT2D eigenvalue weighted by atomic mass is 10.0. The number of fused-ring (bicyclic) bond motifs is 1. The van der Waals surface area contributed by atoms with Gasteiger partial charge in [-0.2, -0.15) is 5.10 Å². The van der Waals surface area contributed by atoms with Crippen LogP contribution in [0.5, 0.6) is 0 Å². The Hall–Kier alpha value is -8.34. The number of carbonyl (C=O) groups is 9. The predicted octanol–water partition coefficient (Wildman–Crippen LogP) is -3.24. The number of rotatable bonds is 18. The van der Waals surface area contributed by atoms with Crippen molar-refractivity contribution in [3.63, 3.8) is 0 Å². The monoisotopic (exact) mass is 1120 g/mol. The molecule has 0 saturated carbocycles. The molecule has 27 nitrogen and oxygen atoms in total. The van der Waals surface area contributed by atoms with Gasteiger partial charge < -0.3 is 76.2 Å². The van der Waals surface area contributed by atoms with E-state index < -0.39 is 101 Å². The third-order valence-corrected chi connectivity index (χ3v) is 14.4. The molecule has 1 fully saturated rings. The molecule has 78 heavy (non-hydrogen) atoms. The van der Waals surface area contributed by atoms with Crippen molar-refractivity contribution in [1.82, 2.24) is 57.3 Å². The molecule has 19 N–H and O–H groups in total. The van der Waals surface area contributed by atoms with E-state index in [0.29, 0.717) is 11.1 Å². The van der Waals surface area contributed by atoms with Gasteiger partial charge in [-0.1, -0.05) is 70.1 Å². The molecular formula is C49H68N18O9S2. The lowest BCUT2D eigenvalue weighted by Gasteiger charge is -2.27. The third-order valence-electron chi connectivity index (χ3n) is 12.0. The number of nitrogens with one attached hydrogen (secondary N) is 9. The maximum Gasteiger partial charge on any atom is 0.245 e. The standard InChI is InChI=1S/C49H68N18O9S2/c1-27-41(70)64-37(24-67-20-10-19-58-67)46(75)62-35(21-29-11-4-3-5-12-29)44(73)61-34(16-9-18-56-49(53)54)43(72)63-36(22-30-23-57-32-14-7-6-13-31(30)32)45(74)65-38(40(50)69)25-77-78-26-39(47(76)59-27)66-42(71)33(60-28(2)68)15-8-17-55-48(51)52/h3-7,10-14,19-20,23,27,33-39,57H,8-9,15-18,21-22,24-26H2,1-2H3,(H2,50,69)(H,59,76)(H,60,68)(H,61,73)(H,62,75)(H,63,72)(H,64,70)(H,65,74)(H,66,71)(H4,51,52,55)(H4,53,54,56)/t27-,33+,34+,35-,36+,37?,38+,39+/m1/s1. The van der Waals surface area contributed by atoms with Crippen LogP contribution in [0.25, 0.3) is 10.9 Å². The zero-order valence-corrected chi connectivity index (χ0v) is 44.7. The van der Waals surface area contributed by atoms with Crippen LogP contribution in [0, 0.1) is 0 Å². The summed E-state index contributed by atoms with van der Waals surface area (Å²) in [4.78, 5) is 137. The average molecular weight is 1120 g/mol. The molecule has 5 rings (SSSR count). The Morgan fingerprint density at radius 3 is 1.97 bits per heavy atom. The maximum absolute atomic E-state index is 14.6. The van der Waals surface area contributed by atoms with Gasteiger partial charge in [0, 0.05) is 73.9 Å². The molecule has 29 heteroatoms. The largest absolute Gasteiger partial charge is 0.370 e. The Labute approximate surface area is 457 Å². The first-order chi connectivity index (χ1) is 37.3. The first kappa shape index (κ1) is 60.5. The number of primary amides is 1. The van der Waals surface area contributed by atoms with Crippen LogP contribution in [0.3, 0.4) is 0 Å². The molecule has 8 atom stereocenters. The fraction of sp³-hybridized carbons (Fsp3) is 0.429. The number of benzene rings is 2. The highest BCUT2D eigenvalue weighted by Crippen LogP contribution is 2.24. The SMILES string of the molecule is CC(=O)N[C@@H](CCCN=C(N)N)C(=O)N[C@H]1CSSC[C@@H](C(N)=O)NC(=O)[C@H](Cc2c[nH]c3ccccc23)NC(=O)[C@H](CCCN=C(N)N)NC(=O)[C@@H](Cc2ccccc2)NC(=O)C(Cn2cccn2)NC(=O)[C@@H](C)NC1=O. The van der Waals surface area contributed by atoms with Crippen LogP contribution in [0.1, 0.15) is 50.7 Å². The van der Waals surface area contributed by atoms with Gasteiger partial charge in [0.1, 0.15) is 48.3 Å². The molecule has 0 bridgehead atoms. The molecule has 0 aliphatic carbocycles. The quantitative estimate of drug-likeness (QED) is 0.0201. The first-order valence-electron chi connectivity index (χ1n) is 24.9. The molecule has 1 saturated heterocycles. The van der Waals surface area contributed by atoms with Gasteiger partial charge in [0.15, 0.2) is 11.9 Å². The summed E-state index contributed by atoms with van der Waals surface area (Å²) < 4.78 is 1.37. The van der Waals surface area contributed by atoms with Crippen molar-refractivity contribution in [3.05, 3.63) is 90.4 Å². The van der Waals surface area contributed by atoms with Gasteiger partial charge in [-0.3, -0.25) is 57.8 Å². The summed E-state index contributed by atoms with van der Waals surface area (Å²) >= 11 is 0. The number of aliphatic imine (C=N–C) groups is 2. The van der Waals surface area contributed by atoms with Crippen molar-refractivity contribution < 1.29 is 43.2 Å². The number of amides is 9. The summed E-state index contributed by atoms with van der Waals surface area (Å²) in [5.41, 5.74) is 29.9. The summed E-state index contributed by atoms with van der Waals surface area (Å²) in [6.45, 7) is 2.50. The van der Waals surface area contributed by atoms with Crippen molar-refractivity contribution in [2.24, 2.45) is 38.7 Å². The molecule has 1 aliphatic rings. The molecule has 1 aliphatic heterocycles. The normalized spacial score (nSPS) is 21.7. The second-order valence-corrected chi connectivity index (χ2v) is 20.8. The minimum absolute atomic E-state index is 0.0571. The lowest BCUT2D eigenvalue weighted by Crippen LogP contribution is -2.61. The summed E-state index contributed by atoms with van der Waals surface area (Å²) in [7, 11) is 2.02. The van der Waals surface area contributed by atoms with Gasteiger partial charge in [-0.05, 0) is 55.9 Å². The second kappa shape index (κ2) is 30.4. The number of hydrogen-bond acceptors (Lipinski definition) is 14. The molecule has 4 aromatic rings. The van der Waals surface area contributed by atoms with E-state index in [1.807, 2.05) is 18.2 Å². The van der Waals surface area contributed by atoms with E-state index in [2.05, 4.69) is 62.6 Å². The van der Waals surface area contributed by atoms with Crippen LogP contribution in [0.4, 0.5) is 0 Å². The van der Waals surface area contributed by atoms with Gasteiger partial charge in [0.25, 0.3) is 0 Å². The van der Waals surface area contributed by atoms with Gasteiger partial charge in [-0.15, -0.1) is 0 Å². The number of para-hydroxylation sites is 1. The highest BCUT2D eigenvalue weighted by molar-refractivity contribution is 8.76. The zero-order chi connectivity index (χ0) is 56.7. The minimum Gasteiger partial charge on any atom is -0.370 e. The molecule has 0 spiro atoms. The number of nitrogens with two attached hydrogens (primary N) is 5. The smallest absolute Gasteiger partial charge is 0.245 e. The molecule has 9 amide bonds. The fourth-order valence-corrected chi connectivity index (χ4v) is 10.4. The summed E-state index contributed by atoms with van der Waals surface area (Å²) in [6, 6.07) is 6.72. The van der Waals surface area contributed by atoms with Gasteiger partial charge >= 0.3 is 0 Å². The Balaban J connectivity index is 1.55.